The van der Waals surface area contributed by atoms with Gasteiger partial charge in [0.15, 0.2) is 6.10 Å². The number of benzene rings is 2. The fraction of sp³-hybridized carbons (Fsp3) is 0.174. The van der Waals surface area contributed by atoms with Gasteiger partial charge in [-0.15, -0.1) is 0 Å². The van der Waals surface area contributed by atoms with Gasteiger partial charge in [0.05, 0.1) is 12.2 Å². The lowest BCUT2D eigenvalue weighted by Gasteiger charge is -2.25. The van der Waals surface area contributed by atoms with Crippen molar-refractivity contribution in [1.29, 1.82) is 0 Å². The van der Waals surface area contributed by atoms with Gasteiger partial charge in [-0.2, -0.15) is 0 Å². The van der Waals surface area contributed by atoms with Crippen molar-refractivity contribution >= 4 is 11.6 Å². The fourth-order valence-corrected chi connectivity index (χ4v) is 3.31. The smallest absolute Gasteiger partial charge is 0.254 e. The van der Waals surface area contributed by atoms with Gasteiger partial charge in [0, 0.05) is 30.3 Å². The van der Waals surface area contributed by atoms with Gasteiger partial charge in [-0.25, -0.2) is 8.78 Å². The van der Waals surface area contributed by atoms with E-state index in [1.165, 1.54) is 35.2 Å². The van der Waals surface area contributed by atoms with E-state index < -0.39 is 23.6 Å². The summed E-state index contributed by atoms with van der Waals surface area (Å²) >= 11 is 0. The maximum Gasteiger partial charge on any atom is 0.254 e. The molecule has 0 bridgehead atoms. The monoisotopic (exact) mass is 407 g/mol. The van der Waals surface area contributed by atoms with Crippen LogP contribution in [0.1, 0.15) is 28.0 Å². The number of halogens is 2. The highest BCUT2D eigenvalue weighted by Crippen LogP contribution is 2.20. The van der Waals surface area contributed by atoms with Crippen LogP contribution in [0.25, 0.3) is 0 Å². The highest BCUT2D eigenvalue weighted by Gasteiger charge is 2.28. The van der Waals surface area contributed by atoms with Crippen molar-refractivity contribution in [2.24, 2.45) is 5.16 Å². The molecule has 1 aliphatic heterocycles. The molecule has 152 valence electrons. The molecular weight excluding hydrogens is 388 g/mol. The van der Waals surface area contributed by atoms with Crippen molar-refractivity contribution in [3.8, 4) is 0 Å². The van der Waals surface area contributed by atoms with E-state index in [1.807, 2.05) is 18.2 Å². The molecule has 0 unspecified atom stereocenters. The fourth-order valence-electron chi connectivity index (χ4n) is 3.31. The average molecular weight is 407 g/mol. The van der Waals surface area contributed by atoms with E-state index in [-0.39, 0.29) is 18.7 Å². The summed E-state index contributed by atoms with van der Waals surface area (Å²) in [5.74, 6) is -1.33. The molecule has 0 spiro atoms. The molecule has 0 fully saturated rings. The Morgan fingerprint density at radius 2 is 1.90 bits per heavy atom. The minimum Gasteiger partial charge on any atom is -0.390 e. The van der Waals surface area contributed by atoms with Crippen LogP contribution in [0.2, 0.25) is 0 Å². The Balaban J connectivity index is 1.53. The maximum atomic E-state index is 14.2. The van der Waals surface area contributed by atoms with Crippen molar-refractivity contribution in [1.82, 2.24) is 9.88 Å². The maximum absolute atomic E-state index is 14.2. The lowest BCUT2D eigenvalue weighted by atomic mass is 10.1. The summed E-state index contributed by atoms with van der Waals surface area (Å²) in [6.45, 7) is 0.199. The molecule has 0 aliphatic carbocycles. The zero-order chi connectivity index (χ0) is 20.9. The van der Waals surface area contributed by atoms with Crippen LogP contribution in [-0.2, 0) is 11.4 Å². The standard InChI is InChI=1S/C23H19F2N3O2/c24-18-8-5-7-16(12-18)23(29)28(14-17-6-1-2-9-20(17)25)15-19-13-22(27-30-19)21-10-3-4-11-26-21/h1-12,19H,13-15H2/t19-/m1/s1. The topological polar surface area (TPSA) is 54.8 Å². The van der Waals surface area contributed by atoms with Crippen molar-refractivity contribution in [3.63, 3.8) is 0 Å². The van der Waals surface area contributed by atoms with Crippen molar-refractivity contribution in [3.05, 3.63) is 101 Å². The number of oxime groups is 1. The predicted octanol–water partition coefficient (Wildman–Crippen LogP) is 4.20. The summed E-state index contributed by atoms with van der Waals surface area (Å²) in [6.07, 6.45) is 1.72. The quantitative estimate of drug-likeness (QED) is 0.616. The van der Waals surface area contributed by atoms with Gasteiger partial charge in [-0.05, 0) is 36.4 Å². The number of nitrogens with zero attached hydrogens (tertiary/aromatic N) is 3. The molecule has 0 N–H and O–H groups in total. The number of rotatable bonds is 6. The highest BCUT2D eigenvalue weighted by atomic mass is 19.1. The largest absolute Gasteiger partial charge is 0.390 e. The minimum absolute atomic E-state index is 0.0286. The Bertz CT molecular complexity index is 1070. The summed E-state index contributed by atoms with van der Waals surface area (Å²) in [5, 5.41) is 4.09. The van der Waals surface area contributed by atoms with E-state index >= 15 is 0 Å². The third-order valence-corrected chi connectivity index (χ3v) is 4.80. The van der Waals surface area contributed by atoms with E-state index in [9.17, 15) is 13.6 Å². The highest BCUT2D eigenvalue weighted by molar-refractivity contribution is 5.99. The summed E-state index contributed by atoms with van der Waals surface area (Å²) in [7, 11) is 0. The van der Waals surface area contributed by atoms with Crippen LogP contribution < -0.4 is 0 Å². The van der Waals surface area contributed by atoms with Crippen molar-refractivity contribution in [2.75, 3.05) is 6.54 Å². The molecule has 2 aromatic carbocycles. The van der Waals surface area contributed by atoms with Crippen LogP contribution in [0.15, 0.2) is 78.1 Å². The van der Waals surface area contributed by atoms with Crippen molar-refractivity contribution < 1.29 is 18.4 Å². The molecule has 0 saturated heterocycles. The Kier molecular flexibility index (Phi) is 5.79. The van der Waals surface area contributed by atoms with Crippen LogP contribution in [0.4, 0.5) is 8.78 Å². The summed E-state index contributed by atoms with van der Waals surface area (Å²) in [4.78, 5) is 24.3. The minimum atomic E-state index is -0.510. The lowest BCUT2D eigenvalue weighted by Crippen LogP contribution is -2.37. The van der Waals surface area contributed by atoms with E-state index in [0.717, 1.165) is 0 Å². The SMILES string of the molecule is O=C(c1cccc(F)c1)N(Cc1ccccc1F)C[C@H]1CC(c2ccccn2)=NO1. The van der Waals surface area contributed by atoms with Gasteiger partial charge in [0.25, 0.3) is 5.91 Å². The second-order valence-electron chi connectivity index (χ2n) is 6.97. The van der Waals surface area contributed by atoms with E-state index in [0.29, 0.717) is 23.4 Å². The molecule has 0 radical (unpaired) electrons. The Morgan fingerprint density at radius 1 is 1.07 bits per heavy atom. The van der Waals surface area contributed by atoms with Gasteiger partial charge in [0.1, 0.15) is 17.3 Å². The van der Waals surface area contributed by atoms with Gasteiger partial charge < -0.3 is 9.74 Å². The van der Waals surface area contributed by atoms with E-state index in [1.54, 1.807) is 24.4 Å². The number of carbonyl (C=O) groups excluding carboxylic acids is 1. The molecule has 7 heteroatoms. The molecule has 30 heavy (non-hydrogen) atoms. The second kappa shape index (κ2) is 8.82. The number of carbonyl (C=O) groups is 1. The number of pyridine rings is 1. The number of aromatic nitrogens is 1. The zero-order valence-electron chi connectivity index (χ0n) is 16.0. The molecule has 1 aliphatic rings. The summed E-state index contributed by atoms with van der Waals surface area (Å²) in [6, 6.07) is 17.2. The lowest BCUT2D eigenvalue weighted by molar-refractivity contribution is 0.0402. The van der Waals surface area contributed by atoms with Gasteiger partial charge in [-0.1, -0.05) is 35.5 Å². The van der Waals surface area contributed by atoms with Gasteiger partial charge in [0.2, 0.25) is 0 Å². The second-order valence-corrected chi connectivity index (χ2v) is 6.97. The average Bonchev–Trinajstić information content (AvgIpc) is 3.23. The van der Waals surface area contributed by atoms with E-state index in [2.05, 4.69) is 10.1 Å². The van der Waals surface area contributed by atoms with Crippen LogP contribution in [0.3, 0.4) is 0 Å². The first-order valence-corrected chi connectivity index (χ1v) is 9.52. The number of hydrogen-bond donors (Lipinski definition) is 0. The third kappa shape index (κ3) is 4.51. The molecule has 1 aromatic heterocycles. The number of hydrogen-bond acceptors (Lipinski definition) is 4. The van der Waals surface area contributed by atoms with Gasteiger partial charge >= 0.3 is 0 Å². The third-order valence-electron chi connectivity index (χ3n) is 4.80. The van der Waals surface area contributed by atoms with Crippen molar-refractivity contribution in [2.45, 2.75) is 19.1 Å². The molecule has 4 rings (SSSR count). The zero-order valence-corrected chi connectivity index (χ0v) is 16.0. The molecule has 5 nitrogen and oxygen atoms in total. The summed E-state index contributed by atoms with van der Waals surface area (Å²) < 4.78 is 27.9. The number of amides is 1. The predicted molar refractivity (Wildman–Crippen MR) is 108 cm³/mol. The first-order chi connectivity index (χ1) is 14.6. The normalized spacial score (nSPS) is 15.4. The molecular formula is C23H19F2N3O2. The Hall–Kier alpha value is -3.61. The Morgan fingerprint density at radius 3 is 2.67 bits per heavy atom. The molecule has 2 heterocycles. The molecule has 1 amide bonds. The first kappa shape index (κ1) is 19.7. The first-order valence-electron chi connectivity index (χ1n) is 9.52. The molecule has 0 saturated carbocycles. The van der Waals surface area contributed by atoms with Crippen LogP contribution >= 0.6 is 0 Å². The van der Waals surface area contributed by atoms with E-state index in [4.69, 9.17) is 4.84 Å². The molecule has 3 aromatic rings. The van der Waals surface area contributed by atoms with Crippen LogP contribution in [-0.4, -0.2) is 34.2 Å². The Labute approximate surface area is 172 Å². The summed E-state index contributed by atoms with van der Waals surface area (Å²) in [5.41, 5.74) is 1.95. The van der Waals surface area contributed by atoms with Crippen LogP contribution in [0.5, 0.6) is 0 Å². The van der Waals surface area contributed by atoms with Crippen LogP contribution in [0, 0.1) is 11.6 Å². The van der Waals surface area contributed by atoms with Gasteiger partial charge in [-0.3, -0.25) is 9.78 Å². The molecule has 1 atom stereocenters.